The Morgan fingerprint density at radius 3 is 1.40 bits per heavy atom. The molecule has 1 heterocycles. The van der Waals surface area contributed by atoms with Crippen molar-refractivity contribution in [1.29, 1.82) is 0 Å². The van der Waals surface area contributed by atoms with E-state index in [1.165, 1.54) is 72.0 Å². The fourth-order valence-electron chi connectivity index (χ4n) is 11.1. The van der Waals surface area contributed by atoms with E-state index < -0.39 is 10.8 Å². The van der Waals surface area contributed by atoms with Gasteiger partial charge < -0.3 is 4.57 Å². The van der Waals surface area contributed by atoms with Crippen molar-refractivity contribution in [2.45, 2.75) is 10.8 Å². The highest BCUT2D eigenvalue weighted by Crippen LogP contribution is 2.58. The molecule has 1 aromatic heterocycles. The Morgan fingerprint density at radius 1 is 0.369 bits per heavy atom. The van der Waals surface area contributed by atoms with Crippen molar-refractivity contribution in [3.63, 3.8) is 0 Å². The highest BCUT2D eigenvalue weighted by atomic mass is 15.0. The van der Waals surface area contributed by atoms with Crippen molar-refractivity contribution in [1.82, 2.24) is 4.57 Å². The van der Waals surface area contributed by atoms with Gasteiger partial charge in [-0.2, -0.15) is 0 Å². The Morgan fingerprint density at radius 2 is 0.831 bits per heavy atom. The van der Waals surface area contributed by atoms with Crippen molar-refractivity contribution >= 4 is 27.5 Å². The average Bonchev–Trinajstić information content (AvgIpc) is 3.88. The van der Waals surface area contributed by atoms with Gasteiger partial charge in [-0.05, 0) is 103 Å². The van der Waals surface area contributed by atoms with E-state index in [4.69, 9.17) is 6.57 Å². The van der Waals surface area contributed by atoms with Gasteiger partial charge >= 0.3 is 0 Å². The third-order valence-electron chi connectivity index (χ3n) is 13.8. The van der Waals surface area contributed by atoms with Crippen molar-refractivity contribution < 1.29 is 0 Å². The van der Waals surface area contributed by atoms with Crippen LogP contribution in [0.25, 0.3) is 54.6 Å². The second kappa shape index (κ2) is 15.4. The monoisotopic (exact) mass is 826 g/mol. The zero-order chi connectivity index (χ0) is 43.4. The van der Waals surface area contributed by atoms with Gasteiger partial charge in [-0.25, -0.2) is 4.85 Å². The van der Waals surface area contributed by atoms with Gasteiger partial charge in [-0.15, -0.1) is 0 Å². The molecule has 65 heavy (non-hydrogen) atoms. The normalized spacial score (nSPS) is 12.7. The first-order valence-corrected chi connectivity index (χ1v) is 22.3. The smallest absolute Gasteiger partial charge is 0.187 e. The van der Waals surface area contributed by atoms with Gasteiger partial charge in [0, 0.05) is 16.5 Å². The lowest BCUT2D eigenvalue weighted by Gasteiger charge is -2.39. The number of para-hydroxylation sites is 1. The van der Waals surface area contributed by atoms with Crippen molar-refractivity contribution in [3.8, 4) is 27.9 Å². The molecule has 2 heteroatoms. The van der Waals surface area contributed by atoms with E-state index in [1.807, 2.05) is 24.3 Å². The Bertz CT molecular complexity index is 3430. The van der Waals surface area contributed by atoms with Gasteiger partial charge in [-0.1, -0.05) is 218 Å². The van der Waals surface area contributed by atoms with Gasteiger partial charge in [0.15, 0.2) is 5.69 Å². The lowest BCUT2D eigenvalue weighted by Crippen LogP contribution is -2.33. The molecule has 0 saturated carbocycles. The quantitative estimate of drug-likeness (QED) is 0.107. The van der Waals surface area contributed by atoms with Gasteiger partial charge in [0.2, 0.25) is 0 Å². The molecule has 0 saturated heterocycles. The maximum absolute atomic E-state index is 7.51. The van der Waals surface area contributed by atoms with Crippen LogP contribution in [0, 0.1) is 6.57 Å². The minimum Gasteiger partial charge on any atom is -0.309 e. The second-order valence-corrected chi connectivity index (χ2v) is 17.1. The summed E-state index contributed by atoms with van der Waals surface area (Å²) in [6, 6.07) is 93.2. The number of hydrogen-bond acceptors (Lipinski definition) is 0. The van der Waals surface area contributed by atoms with Gasteiger partial charge in [0.25, 0.3) is 0 Å². The summed E-state index contributed by atoms with van der Waals surface area (Å²) >= 11 is 0. The van der Waals surface area contributed by atoms with E-state index in [1.54, 1.807) is 0 Å². The van der Waals surface area contributed by atoms with Crippen LogP contribution in [-0.2, 0) is 10.8 Å². The van der Waals surface area contributed by atoms with Crippen LogP contribution in [0.4, 0.5) is 5.69 Å². The summed E-state index contributed by atoms with van der Waals surface area (Å²) in [5, 5.41) is 2.39. The molecule has 0 bridgehead atoms. The fraction of sp³-hybridized carbons (Fsp3) is 0.0317. The summed E-state index contributed by atoms with van der Waals surface area (Å²) in [6.07, 6.45) is 0. The molecule has 0 N–H and O–H groups in total. The molecule has 1 aliphatic rings. The molecule has 1 aliphatic carbocycles. The minimum atomic E-state index is -0.632. The molecule has 0 fully saturated rings. The van der Waals surface area contributed by atoms with Crippen LogP contribution in [-0.4, -0.2) is 4.57 Å². The third-order valence-corrected chi connectivity index (χ3v) is 13.8. The van der Waals surface area contributed by atoms with Crippen molar-refractivity contribution in [2.24, 2.45) is 0 Å². The molecule has 2 nitrogen and oxygen atoms in total. The van der Waals surface area contributed by atoms with Crippen molar-refractivity contribution in [2.75, 3.05) is 0 Å². The zero-order valence-corrected chi connectivity index (χ0v) is 35.6. The van der Waals surface area contributed by atoms with Gasteiger partial charge in [0.05, 0.1) is 28.4 Å². The van der Waals surface area contributed by atoms with E-state index in [-0.39, 0.29) is 0 Å². The standard InChI is InChI=1S/C63H42N2/c1-64-52-34-36-53(37-35-52)65-60-30-18-17-29-56(60)57-41-44(32-40-61(57)65)45-31-38-54-55-39-33-51(43-59(55)63(58(54)42-45,49-25-13-5-14-26-49)50-27-15-6-16-28-50)62(46-19-7-2-8-20-46,47-21-9-3-10-22-47)48-23-11-4-12-24-48/h2-43H. The minimum absolute atomic E-state index is 0.606. The summed E-state index contributed by atoms with van der Waals surface area (Å²) in [6.45, 7) is 7.51. The number of aromatic nitrogens is 1. The molecular formula is C63H42N2. The molecule has 10 aromatic carbocycles. The summed E-state index contributed by atoms with van der Waals surface area (Å²) < 4.78 is 2.31. The lowest BCUT2D eigenvalue weighted by molar-refractivity contribution is 0.729. The van der Waals surface area contributed by atoms with Crippen LogP contribution in [0.15, 0.2) is 255 Å². The Kier molecular flexibility index (Phi) is 9.04. The molecular weight excluding hydrogens is 785 g/mol. The van der Waals surface area contributed by atoms with Crippen LogP contribution in [0.3, 0.4) is 0 Å². The zero-order valence-electron chi connectivity index (χ0n) is 35.6. The van der Waals surface area contributed by atoms with Crippen LogP contribution >= 0.6 is 0 Å². The van der Waals surface area contributed by atoms with E-state index >= 15 is 0 Å². The second-order valence-electron chi connectivity index (χ2n) is 17.1. The number of rotatable bonds is 8. The fourth-order valence-corrected chi connectivity index (χ4v) is 11.1. The number of hydrogen-bond donors (Lipinski definition) is 0. The van der Waals surface area contributed by atoms with Crippen LogP contribution in [0.5, 0.6) is 0 Å². The van der Waals surface area contributed by atoms with E-state index in [9.17, 15) is 0 Å². The first-order chi connectivity index (χ1) is 32.2. The maximum atomic E-state index is 7.51. The van der Waals surface area contributed by atoms with E-state index in [0.29, 0.717) is 5.69 Å². The summed E-state index contributed by atoms with van der Waals surface area (Å²) in [7, 11) is 0. The van der Waals surface area contributed by atoms with Gasteiger partial charge in [-0.3, -0.25) is 0 Å². The topological polar surface area (TPSA) is 9.29 Å². The molecule has 0 atom stereocenters. The number of fused-ring (bicyclic) bond motifs is 6. The Labute approximate surface area is 379 Å². The Balaban J connectivity index is 1.12. The predicted octanol–water partition coefficient (Wildman–Crippen LogP) is 15.7. The summed E-state index contributed by atoms with van der Waals surface area (Å²) in [5.41, 5.74) is 17.4. The highest BCUT2D eigenvalue weighted by molar-refractivity contribution is 6.10. The molecule has 0 spiro atoms. The Hall–Kier alpha value is -8.51. The third kappa shape index (κ3) is 5.80. The molecule has 0 radical (unpaired) electrons. The largest absolute Gasteiger partial charge is 0.309 e. The first-order valence-electron chi connectivity index (χ1n) is 22.3. The van der Waals surface area contributed by atoms with E-state index in [0.717, 1.165) is 22.3 Å². The highest BCUT2D eigenvalue weighted by Gasteiger charge is 2.48. The van der Waals surface area contributed by atoms with Gasteiger partial charge in [0.1, 0.15) is 0 Å². The summed E-state index contributed by atoms with van der Waals surface area (Å²) in [4.78, 5) is 3.64. The number of nitrogens with zero attached hydrogens (tertiary/aromatic N) is 2. The molecule has 304 valence electrons. The molecule has 12 rings (SSSR count). The SMILES string of the molecule is [C-]#[N+]c1ccc(-n2c3ccccc3c3cc(-c4ccc5c(c4)C(c4ccccc4)(c4ccccc4)c4cc(C(c6ccccc6)(c6ccccc6)c6ccccc6)ccc4-5)ccc32)cc1. The molecule has 0 amide bonds. The van der Waals surface area contributed by atoms with Crippen LogP contribution in [0.2, 0.25) is 0 Å². The first kappa shape index (κ1) is 38.2. The van der Waals surface area contributed by atoms with Crippen LogP contribution < -0.4 is 0 Å². The molecule has 0 aliphatic heterocycles. The lowest BCUT2D eigenvalue weighted by atomic mass is 9.63. The maximum Gasteiger partial charge on any atom is 0.187 e. The average molecular weight is 827 g/mol. The van der Waals surface area contributed by atoms with E-state index in [2.05, 4.69) is 240 Å². The summed E-state index contributed by atoms with van der Waals surface area (Å²) in [5.74, 6) is 0. The van der Waals surface area contributed by atoms with Crippen LogP contribution in [0.1, 0.15) is 44.5 Å². The molecule has 11 aromatic rings. The molecule has 0 unspecified atom stereocenters. The number of benzene rings is 10. The predicted molar refractivity (Wildman–Crippen MR) is 268 cm³/mol. The van der Waals surface area contributed by atoms with Crippen molar-refractivity contribution in [3.05, 3.63) is 311 Å².